The normalized spacial score (nSPS) is 22.6. The number of hydrogen-bond donors (Lipinski definition) is 1. The fraction of sp³-hybridized carbons (Fsp3) is 0.444. The van der Waals surface area contributed by atoms with Crippen molar-refractivity contribution in [2.45, 2.75) is 25.8 Å². The molecular weight excluding hydrogens is 138 g/mol. The first-order valence-corrected chi connectivity index (χ1v) is 3.83. The zero-order valence-corrected chi connectivity index (χ0v) is 6.76. The number of hydrogen-bond acceptors (Lipinski definition) is 1. The minimum Gasteiger partial charge on any atom is -0.346 e. The third-order valence-electron chi connectivity index (χ3n) is 1.97. The van der Waals surface area contributed by atoms with Gasteiger partial charge in [0.05, 0.1) is 6.04 Å². The van der Waals surface area contributed by atoms with Gasteiger partial charge in [-0.15, -0.1) is 0 Å². The molecule has 0 spiro atoms. The third-order valence-corrected chi connectivity index (χ3v) is 1.97. The summed E-state index contributed by atoms with van der Waals surface area (Å²) < 4.78 is 0. The van der Waals surface area contributed by atoms with Crippen molar-refractivity contribution in [3.63, 3.8) is 0 Å². The van der Waals surface area contributed by atoms with E-state index in [1.807, 2.05) is 6.92 Å². The van der Waals surface area contributed by atoms with Crippen LogP contribution in [0.2, 0.25) is 0 Å². The molecular formula is C9H13NO. The lowest BCUT2D eigenvalue weighted by Crippen LogP contribution is -2.32. The molecule has 1 amide bonds. The van der Waals surface area contributed by atoms with Gasteiger partial charge in [-0.2, -0.15) is 0 Å². The second kappa shape index (κ2) is 3.37. The molecule has 0 aromatic rings. The fourth-order valence-electron chi connectivity index (χ4n) is 1.26. The van der Waals surface area contributed by atoms with Crippen LogP contribution in [0.1, 0.15) is 19.8 Å². The highest BCUT2D eigenvalue weighted by Crippen LogP contribution is 2.17. The lowest BCUT2D eigenvalue weighted by Gasteiger charge is -2.11. The van der Waals surface area contributed by atoms with E-state index in [2.05, 4.69) is 18.0 Å². The zero-order valence-electron chi connectivity index (χ0n) is 6.76. The third kappa shape index (κ3) is 1.93. The number of allylic oxidation sites excluding steroid dienone is 1. The summed E-state index contributed by atoms with van der Waals surface area (Å²) in [7, 11) is 0. The van der Waals surface area contributed by atoms with Crippen LogP contribution in [0.5, 0.6) is 0 Å². The summed E-state index contributed by atoms with van der Waals surface area (Å²) in [6, 6.07) is 0.250. The van der Waals surface area contributed by atoms with Gasteiger partial charge in [-0.05, 0) is 25.8 Å². The molecule has 1 rings (SSSR count). The number of carbonyl (C=O) groups excluding carboxylic acids is 1. The molecule has 0 aliphatic heterocycles. The van der Waals surface area contributed by atoms with Crippen molar-refractivity contribution < 1.29 is 4.79 Å². The molecule has 0 bridgehead atoms. The Morgan fingerprint density at radius 3 is 3.09 bits per heavy atom. The Kier molecular flexibility index (Phi) is 2.47. The van der Waals surface area contributed by atoms with E-state index in [0.29, 0.717) is 0 Å². The van der Waals surface area contributed by atoms with Gasteiger partial charge in [0, 0.05) is 0 Å². The van der Waals surface area contributed by atoms with Gasteiger partial charge >= 0.3 is 0 Å². The van der Waals surface area contributed by atoms with Crippen molar-refractivity contribution in [3.8, 4) is 0 Å². The Hall–Kier alpha value is -1.05. The summed E-state index contributed by atoms with van der Waals surface area (Å²) in [5.41, 5.74) is 1.26. The van der Waals surface area contributed by atoms with Crippen molar-refractivity contribution in [2.24, 2.45) is 0 Å². The average Bonchev–Trinajstić information content (AvgIpc) is 2.37. The molecule has 2 heteroatoms. The van der Waals surface area contributed by atoms with Crippen molar-refractivity contribution >= 4 is 5.91 Å². The second-order valence-electron chi connectivity index (χ2n) is 2.79. The molecule has 0 aromatic heterocycles. The van der Waals surface area contributed by atoms with E-state index in [1.165, 1.54) is 11.6 Å². The van der Waals surface area contributed by atoms with E-state index in [-0.39, 0.29) is 11.9 Å². The quantitative estimate of drug-likeness (QED) is 0.469. The Labute approximate surface area is 67.0 Å². The van der Waals surface area contributed by atoms with Crippen LogP contribution in [-0.4, -0.2) is 11.9 Å². The maximum atomic E-state index is 10.9. The number of nitrogens with one attached hydrogen (secondary N) is 1. The topological polar surface area (TPSA) is 29.1 Å². The van der Waals surface area contributed by atoms with E-state index in [0.717, 1.165) is 12.8 Å². The molecule has 1 aliphatic carbocycles. The first-order valence-electron chi connectivity index (χ1n) is 3.83. The summed E-state index contributed by atoms with van der Waals surface area (Å²) in [6.07, 6.45) is 5.58. The van der Waals surface area contributed by atoms with Crippen molar-refractivity contribution in [1.82, 2.24) is 5.32 Å². The summed E-state index contributed by atoms with van der Waals surface area (Å²) in [5.74, 6) is -0.0790. The van der Waals surface area contributed by atoms with Crippen LogP contribution >= 0.6 is 0 Å². The van der Waals surface area contributed by atoms with Crippen LogP contribution < -0.4 is 5.32 Å². The van der Waals surface area contributed by atoms with Crippen LogP contribution in [0.4, 0.5) is 0 Å². The van der Waals surface area contributed by atoms with Crippen LogP contribution in [0.15, 0.2) is 24.3 Å². The van der Waals surface area contributed by atoms with E-state index < -0.39 is 0 Å². The maximum absolute atomic E-state index is 10.9. The van der Waals surface area contributed by atoms with E-state index in [4.69, 9.17) is 0 Å². The van der Waals surface area contributed by atoms with Gasteiger partial charge in [0.1, 0.15) is 0 Å². The molecule has 0 aromatic carbocycles. The molecule has 0 radical (unpaired) electrons. The number of rotatable bonds is 2. The van der Waals surface area contributed by atoms with Gasteiger partial charge < -0.3 is 5.32 Å². The smallest absolute Gasteiger partial charge is 0.243 e. The van der Waals surface area contributed by atoms with Gasteiger partial charge in [0.15, 0.2) is 0 Å². The van der Waals surface area contributed by atoms with E-state index >= 15 is 0 Å². The lowest BCUT2D eigenvalue weighted by atomic mass is 10.1. The molecule has 11 heavy (non-hydrogen) atoms. The molecule has 0 saturated heterocycles. The van der Waals surface area contributed by atoms with Gasteiger partial charge in [-0.1, -0.05) is 18.2 Å². The Balaban J connectivity index is 2.44. The highest BCUT2D eigenvalue weighted by molar-refractivity contribution is 5.87. The molecule has 1 unspecified atom stereocenters. The van der Waals surface area contributed by atoms with Gasteiger partial charge in [0.25, 0.3) is 0 Å². The van der Waals surface area contributed by atoms with Gasteiger partial charge in [-0.3, -0.25) is 4.79 Å². The Morgan fingerprint density at radius 2 is 2.64 bits per heavy atom. The average molecular weight is 151 g/mol. The predicted octanol–water partition coefficient (Wildman–Crippen LogP) is 1.40. The van der Waals surface area contributed by atoms with Crippen LogP contribution in [0.25, 0.3) is 0 Å². The molecule has 0 fully saturated rings. The summed E-state index contributed by atoms with van der Waals surface area (Å²) in [4.78, 5) is 10.9. The minimum absolute atomic E-state index is 0.0790. The molecule has 0 saturated carbocycles. The summed E-state index contributed by atoms with van der Waals surface area (Å²) in [5, 5.41) is 2.85. The highest BCUT2D eigenvalue weighted by atomic mass is 16.1. The first-order chi connectivity index (χ1) is 5.24. The summed E-state index contributed by atoms with van der Waals surface area (Å²) >= 11 is 0. The molecule has 0 heterocycles. The highest BCUT2D eigenvalue weighted by Gasteiger charge is 2.15. The standard InChI is InChI=1S/C9H13NO/c1-3-9(11)10-8-6-4-5-7(8)2/h3,5,8H,1,4,6H2,2H3,(H,10,11). The molecule has 60 valence electrons. The zero-order chi connectivity index (χ0) is 8.27. The predicted molar refractivity (Wildman–Crippen MR) is 45.1 cm³/mol. The monoisotopic (exact) mass is 151 g/mol. The molecule has 2 nitrogen and oxygen atoms in total. The second-order valence-corrected chi connectivity index (χ2v) is 2.79. The maximum Gasteiger partial charge on any atom is 0.243 e. The fourth-order valence-corrected chi connectivity index (χ4v) is 1.26. The Morgan fingerprint density at radius 1 is 1.91 bits per heavy atom. The number of amides is 1. The molecule has 1 atom stereocenters. The van der Waals surface area contributed by atoms with Crippen molar-refractivity contribution in [3.05, 3.63) is 24.3 Å². The lowest BCUT2D eigenvalue weighted by molar-refractivity contribution is -0.116. The van der Waals surface area contributed by atoms with Crippen molar-refractivity contribution in [1.29, 1.82) is 0 Å². The van der Waals surface area contributed by atoms with Crippen LogP contribution in [-0.2, 0) is 4.79 Å². The first kappa shape index (κ1) is 8.05. The van der Waals surface area contributed by atoms with Crippen LogP contribution in [0, 0.1) is 0 Å². The Bertz CT molecular complexity index is 206. The molecule has 1 N–H and O–H groups in total. The van der Waals surface area contributed by atoms with Crippen molar-refractivity contribution in [2.75, 3.05) is 0 Å². The number of carbonyl (C=O) groups is 1. The van der Waals surface area contributed by atoms with E-state index in [1.54, 1.807) is 0 Å². The minimum atomic E-state index is -0.0790. The summed E-state index contributed by atoms with van der Waals surface area (Å²) in [6.45, 7) is 5.44. The van der Waals surface area contributed by atoms with Gasteiger partial charge in [-0.25, -0.2) is 0 Å². The van der Waals surface area contributed by atoms with Gasteiger partial charge in [0.2, 0.25) is 5.91 Å². The molecule has 1 aliphatic rings. The van der Waals surface area contributed by atoms with Crippen LogP contribution in [0.3, 0.4) is 0 Å². The van der Waals surface area contributed by atoms with E-state index in [9.17, 15) is 4.79 Å². The SMILES string of the molecule is C=CC(=O)NC1CCC=C1C. The largest absolute Gasteiger partial charge is 0.346 e.